The molecule has 34 heavy (non-hydrogen) atoms. The Labute approximate surface area is 195 Å². The molecule has 2 saturated heterocycles. The van der Waals surface area contributed by atoms with Crippen molar-refractivity contribution in [3.63, 3.8) is 0 Å². The molecule has 176 valence electrons. The number of carbonyl (C=O) groups is 3. The second-order valence-corrected chi connectivity index (χ2v) is 9.17. The van der Waals surface area contributed by atoms with Crippen molar-refractivity contribution in [3.05, 3.63) is 59.2 Å². The number of fused-ring (bicyclic) bond motifs is 4. The summed E-state index contributed by atoms with van der Waals surface area (Å²) in [6.45, 7) is 4.36. The molecule has 9 heteroatoms. The van der Waals surface area contributed by atoms with Gasteiger partial charge in [0.15, 0.2) is 17.3 Å². The summed E-state index contributed by atoms with van der Waals surface area (Å²) in [5, 5.41) is 16.2. The standard InChI is InChI=1S/C25H24N2O7/c1-13(28)20-19(14-9-10-17(29)18(11-14)32-4)25(22(30)33-24(2,3)34-23(25)31)21-16-8-6-5-7-15(16)12-26-27(20)21/h5-12,19-21,29H,1-4H3. The zero-order valence-corrected chi connectivity index (χ0v) is 19.1. The number of ether oxygens (including phenoxy) is 3. The van der Waals surface area contributed by atoms with Crippen molar-refractivity contribution < 1.29 is 33.7 Å². The Kier molecular flexibility index (Phi) is 4.72. The summed E-state index contributed by atoms with van der Waals surface area (Å²) in [7, 11) is 1.39. The van der Waals surface area contributed by atoms with Crippen LogP contribution >= 0.6 is 0 Å². The molecule has 3 atom stereocenters. The first-order valence-electron chi connectivity index (χ1n) is 10.9. The van der Waals surface area contributed by atoms with E-state index in [0.29, 0.717) is 11.1 Å². The Bertz CT molecular complexity index is 1230. The maximum absolute atomic E-state index is 13.9. The average molecular weight is 464 g/mol. The molecule has 0 bridgehead atoms. The number of methoxy groups -OCH3 is 1. The number of esters is 2. The van der Waals surface area contributed by atoms with Gasteiger partial charge in [-0.15, -0.1) is 0 Å². The van der Waals surface area contributed by atoms with Gasteiger partial charge in [-0.25, -0.2) is 0 Å². The molecule has 3 unspecified atom stereocenters. The van der Waals surface area contributed by atoms with Crippen LogP contribution in [-0.4, -0.2) is 53.0 Å². The molecule has 3 aliphatic rings. The Balaban J connectivity index is 1.83. The molecule has 2 aromatic rings. The van der Waals surface area contributed by atoms with Gasteiger partial charge in [-0.1, -0.05) is 30.3 Å². The summed E-state index contributed by atoms with van der Waals surface area (Å²) < 4.78 is 16.6. The van der Waals surface area contributed by atoms with Crippen molar-refractivity contribution in [1.82, 2.24) is 5.01 Å². The second kappa shape index (κ2) is 7.31. The van der Waals surface area contributed by atoms with Crippen LogP contribution < -0.4 is 4.74 Å². The minimum Gasteiger partial charge on any atom is -0.504 e. The average Bonchev–Trinajstić information content (AvgIpc) is 3.10. The number of phenolic OH excluding ortho intramolecular Hbond substituents is 1. The summed E-state index contributed by atoms with van der Waals surface area (Å²) >= 11 is 0. The van der Waals surface area contributed by atoms with Crippen LogP contribution in [0.15, 0.2) is 47.6 Å². The SMILES string of the molecule is COc1cc(C2C(C(C)=O)N3N=Cc4ccccc4C3C23C(=O)OC(C)(C)OC3=O)ccc1O. The maximum Gasteiger partial charge on any atom is 0.330 e. The molecule has 5 rings (SSSR count). The lowest BCUT2D eigenvalue weighted by atomic mass is 9.65. The van der Waals surface area contributed by atoms with Crippen LogP contribution in [0.1, 0.15) is 49.4 Å². The lowest BCUT2D eigenvalue weighted by Gasteiger charge is -2.44. The molecule has 1 spiro atoms. The highest BCUT2D eigenvalue weighted by Crippen LogP contribution is 2.62. The number of Topliss-reactive ketones (excluding diaryl/α,β-unsaturated/α-hetero) is 1. The molecule has 0 aliphatic carbocycles. The van der Waals surface area contributed by atoms with Gasteiger partial charge >= 0.3 is 11.9 Å². The lowest BCUT2D eigenvalue weighted by molar-refractivity contribution is -0.254. The zero-order chi connectivity index (χ0) is 24.4. The molecule has 0 radical (unpaired) electrons. The third-order valence-corrected chi connectivity index (χ3v) is 6.74. The van der Waals surface area contributed by atoms with Gasteiger partial charge in [-0.3, -0.25) is 19.4 Å². The van der Waals surface area contributed by atoms with Crippen LogP contribution in [0.2, 0.25) is 0 Å². The second-order valence-electron chi connectivity index (χ2n) is 9.17. The highest BCUT2D eigenvalue weighted by molar-refractivity contribution is 6.07. The molecule has 0 aromatic heterocycles. The number of cyclic esters (lactones) is 2. The minimum atomic E-state index is -1.93. The monoisotopic (exact) mass is 464 g/mol. The highest BCUT2D eigenvalue weighted by atomic mass is 16.7. The Morgan fingerprint density at radius 3 is 2.44 bits per heavy atom. The van der Waals surface area contributed by atoms with Crippen molar-refractivity contribution in [2.24, 2.45) is 10.5 Å². The number of carbonyl (C=O) groups excluding carboxylic acids is 3. The van der Waals surface area contributed by atoms with Crippen molar-refractivity contribution in [2.75, 3.05) is 7.11 Å². The van der Waals surface area contributed by atoms with E-state index < -0.39 is 41.1 Å². The molecular formula is C25H24N2O7. The van der Waals surface area contributed by atoms with Crippen molar-refractivity contribution in [1.29, 1.82) is 0 Å². The maximum atomic E-state index is 13.9. The quantitative estimate of drug-likeness (QED) is 0.545. The van der Waals surface area contributed by atoms with Gasteiger partial charge in [0, 0.05) is 19.8 Å². The van der Waals surface area contributed by atoms with Gasteiger partial charge in [0.05, 0.1) is 13.3 Å². The molecule has 1 N–H and O–H groups in total. The van der Waals surface area contributed by atoms with E-state index in [1.54, 1.807) is 24.4 Å². The number of phenols is 1. The van der Waals surface area contributed by atoms with Gasteiger partial charge in [-0.05, 0) is 35.7 Å². The number of nitrogens with zero attached hydrogens (tertiary/aromatic N) is 2. The van der Waals surface area contributed by atoms with E-state index in [9.17, 15) is 19.5 Å². The molecule has 2 fully saturated rings. The van der Waals surface area contributed by atoms with E-state index >= 15 is 0 Å². The number of rotatable bonds is 3. The molecule has 0 saturated carbocycles. The summed E-state index contributed by atoms with van der Waals surface area (Å²) in [5.74, 6) is -4.35. The van der Waals surface area contributed by atoms with Gasteiger partial charge in [-0.2, -0.15) is 5.10 Å². The normalized spacial score (nSPS) is 25.9. The van der Waals surface area contributed by atoms with E-state index in [1.165, 1.54) is 45.0 Å². The largest absolute Gasteiger partial charge is 0.504 e. The minimum absolute atomic E-state index is 0.117. The van der Waals surface area contributed by atoms with Crippen LogP contribution in [0.3, 0.4) is 0 Å². The Hall–Kier alpha value is -3.88. The predicted octanol–water partition coefficient (Wildman–Crippen LogP) is 2.67. The van der Waals surface area contributed by atoms with E-state index in [1.807, 2.05) is 12.1 Å². The molecular weight excluding hydrogens is 440 g/mol. The molecule has 3 aliphatic heterocycles. The van der Waals surface area contributed by atoms with Gasteiger partial charge < -0.3 is 19.3 Å². The third kappa shape index (κ3) is 2.85. The van der Waals surface area contributed by atoms with Gasteiger partial charge in [0.2, 0.25) is 5.41 Å². The van der Waals surface area contributed by atoms with E-state index in [-0.39, 0.29) is 17.3 Å². The number of benzene rings is 2. The van der Waals surface area contributed by atoms with Gasteiger partial charge in [0.25, 0.3) is 5.79 Å². The molecule has 2 aromatic carbocycles. The summed E-state index contributed by atoms with van der Waals surface area (Å²) in [5.41, 5.74) is -0.113. The first-order chi connectivity index (χ1) is 16.1. The van der Waals surface area contributed by atoms with Crippen LogP contribution in [0.25, 0.3) is 0 Å². The highest BCUT2D eigenvalue weighted by Gasteiger charge is 2.74. The Morgan fingerprint density at radius 2 is 1.79 bits per heavy atom. The fourth-order valence-electron chi connectivity index (χ4n) is 5.42. The van der Waals surface area contributed by atoms with Crippen LogP contribution in [-0.2, 0) is 23.9 Å². The predicted molar refractivity (Wildman–Crippen MR) is 119 cm³/mol. The number of hydrogen-bond donors (Lipinski definition) is 1. The first kappa shape index (κ1) is 21.9. The van der Waals surface area contributed by atoms with Crippen molar-refractivity contribution >= 4 is 23.9 Å². The number of hydrazone groups is 1. The summed E-state index contributed by atoms with van der Waals surface area (Å²) in [6, 6.07) is 9.82. The fraction of sp³-hybridized carbons (Fsp3) is 0.360. The first-order valence-corrected chi connectivity index (χ1v) is 10.9. The fourth-order valence-corrected chi connectivity index (χ4v) is 5.42. The summed E-state index contributed by atoms with van der Waals surface area (Å²) in [4.78, 5) is 40.9. The Morgan fingerprint density at radius 1 is 1.12 bits per heavy atom. The zero-order valence-electron chi connectivity index (χ0n) is 19.1. The van der Waals surface area contributed by atoms with Crippen LogP contribution in [0.5, 0.6) is 11.5 Å². The third-order valence-electron chi connectivity index (χ3n) is 6.74. The van der Waals surface area contributed by atoms with E-state index in [4.69, 9.17) is 14.2 Å². The number of aromatic hydroxyl groups is 1. The molecule has 3 heterocycles. The van der Waals surface area contributed by atoms with Crippen molar-refractivity contribution in [2.45, 2.75) is 44.6 Å². The van der Waals surface area contributed by atoms with Crippen LogP contribution in [0.4, 0.5) is 0 Å². The van der Waals surface area contributed by atoms with Gasteiger partial charge in [0.1, 0.15) is 12.1 Å². The van der Waals surface area contributed by atoms with E-state index in [2.05, 4.69) is 5.10 Å². The smallest absolute Gasteiger partial charge is 0.330 e. The lowest BCUT2D eigenvalue weighted by Crippen LogP contribution is -2.58. The molecule has 0 amide bonds. The number of hydrogen-bond acceptors (Lipinski definition) is 9. The van der Waals surface area contributed by atoms with Crippen LogP contribution in [0, 0.1) is 5.41 Å². The molecule has 9 nitrogen and oxygen atoms in total. The van der Waals surface area contributed by atoms with Crippen molar-refractivity contribution in [3.8, 4) is 11.5 Å². The topological polar surface area (TPSA) is 115 Å². The number of ketones is 1. The van der Waals surface area contributed by atoms with E-state index in [0.717, 1.165) is 5.56 Å². The summed E-state index contributed by atoms with van der Waals surface area (Å²) in [6.07, 6.45) is 1.61.